The highest BCUT2D eigenvalue weighted by Crippen LogP contribution is 2.46. The summed E-state index contributed by atoms with van der Waals surface area (Å²) >= 11 is 1.52. The summed E-state index contributed by atoms with van der Waals surface area (Å²) in [5.41, 5.74) is 2.22. The molecule has 2 aromatic carbocycles. The van der Waals surface area contributed by atoms with Crippen LogP contribution in [-0.2, 0) is 11.2 Å². The lowest BCUT2D eigenvalue weighted by atomic mass is 10.0. The number of hydrogen-bond acceptors (Lipinski definition) is 4. The van der Waals surface area contributed by atoms with E-state index in [0.29, 0.717) is 12.1 Å². The molecule has 0 aliphatic carbocycles. The monoisotopic (exact) mass is 329 g/mol. The van der Waals surface area contributed by atoms with Gasteiger partial charge < -0.3 is 9.84 Å². The van der Waals surface area contributed by atoms with Crippen LogP contribution < -0.4 is 5.32 Å². The van der Waals surface area contributed by atoms with Crippen molar-refractivity contribution in [1.29, 1.82) is 0 Å². The van der Waals surface area contributed by atoms with Crippen molar-refractivity contribution in [3.8, 4) is 5.75 Å². The van der Waals surface area contributed by atoms with Crippen molar-refractivity contribution >= 4 is 23.5 Å². The number of nitrogens with one attached hydrogen (secondary N) is 1. The third kappa shape index (κ3) is 3.45. The minimum Gasteiger partial charge on any atom is -0.507 e. The normalized spacial score (nSPS) is 13.0. The van der Waals surface area contributed by atoms with Crippen molar-refractivity contribution in [2.45, 2.75) is 42.6 Å². The molecular formula is C18H19NO3S. The molecule has 1 heterocycles. The molecule has 1 aliphatic rings. The number of phenols is 1. The largest absolute Gasteiger partial charge is 0.507 e. The summed E-state index contributed by atoms with van der Waals surface area (Å²) in [5, 5.41) is 13.0. The van der Waals surface area contributed by atoms with Crippen molar-refractivity contribution in [3.05, 3.63) is 47.5 Å². The maximum Gasteiger partial charge on any atom is 0.412 e. The van der Waals surface area contributed by atoms with Gasteiger partial charge in [0.15, 0.2) is 0 Å². The van der Waals surface area contributed by atoms with Crippen LogP contribution in [0.1, 0.15) is 31.9 Å². The number of carbonyl (C=O) groups excluding carboxylic acids is 1. The molecule has 5 heteroatoms. The van der Waals surface area contributed by atoms with Gasteiger partial charge in [-0.05, 0) is 50.1 Å². The van der Waals surface area contributed by atoms with Gasteiger partial charge in [0.25, 0.3) is 0 Å². The summed E-state index contributed by atoms with van der Waals surface area (Å²) in [5.74, 6) is 0.231. The van der Waals surface area contributed by atoms with E-state index < -0.39 is 11.7 Å². The number of rotatable bonds is 1. The number of phenolic OH excluding ortho intramolecular Hbond substituents is 1. The van der Waals surface area contributed by atoms with E-state index in [9.17, 15) is 9.90 Å². The van der Waals surface area contributed by atoms with E-state index in [1.54, 1.807) is 12.1 Å². The summed E-state index contributed by atoms with van der Waals surface area (Å²) < 4.78 is 5.31. The zero-order valence-corrected chi connectivity index (χ0v) is 14.2. The van der Waals surface area contributed by atoms with Crippen LogP contribution in [0.5, 0.6) is 5.75 Å². The van der Waals surface area contributed by atoms with Gasteiger partial charge in [0.1, 0.15) is 11.4 Å². The zero-order chi connectivity index (χ0) is 16.6. The summed E-state index contributed by atoms with van der Waals surface area (Å²) in [6.45, 7) is 5.47. The second-order valence-corrected chi connectivity index (χ2v) is 7.51. The van der Waals surface area contributed by atoms with E-state index >= 15 is 0 Å². The van der Waals surface area contributed by atoms with E-state index in [0.717, 1.165) is 15.4 Å². The van der Waals surface area contributed by atoms with E-state index in [1.807, 2.05) is 39.0 Å². The lowest BCUT2D eigenvalue weighted by molar-refractivity contribution is 0.0635. The molecule has 0 unspecified atom stereocenters. The summed E-state index contributed by atoms with van der Waals surface area (Å²) in [4.78, 5) is 14.0. The molecule has 1 aliphatic heterocycles. The van der Waals surface area contributed by atoms with Gasteiger partial charge in [0.05, 0.1) is 4.90 Å². The summed E-state index contributed by atoms with van der Waals surface area (Å²) in [6.07, 6.45) is 0.173. The maximum absolute atomic E-state index is 12.0. The molecule has 0 radical (unpaired) electrons. The van der Waals surface area contributed by atoms with Gasteiger partial charge in [-0.25, -0.2) is 4.79 Å². The number of amides is 1. The number of hydrogen-bond donors (Lipinski definition) is 2. The molecule has 0 spiro atoms. The van der Waals surface area contributed by atoms with Crippen molar-refractivity contribution in [3.63, 3.8) is 0 Å². The Morgan fingerprint density at radius 2 is 1.96 bits per heavy atom. The fraction of sp³-hybridized carbons (Fsp3) is 0.278. The SMILES string of the molecule is CC(C)(C)OC(=O)Nc1ccc(O)c2c1Cc1ccccc1S2. The number of aromatic hydroxyl groups is 1. The zero-order valence-electron chi connectivity index (χ0n) is 13.3. The Bertz CT molecular complexity index is 765. The molecule has 2 aromatic rings. The van der Waals surface area contributed by atoms with Crippen LogP contribution in [0.4, 0.5) is 10.5 Å². The van der Waals surface area contributed by atoms with Crippen LogP contribution in [0.25, 0.3) is 0 Å². The van der Waals surface area contributed by atoms with Crippen molar-refractivity contribution in [1.82, 2.24) is 0 Å². The van der Waals surface area contributed by atoms with Crippen LogP contribution in [0, 0.1) is 0 Å². The van der Waals surface area contributed by atoms with Crippen molar-refractivity contribution in [2.24, 2.45) is 0 Å². The smallest absolute Gasteiger partial charge is 0.412 e. The Morgan fingerprint density at radius 1 is 1.22 bits per heavy atom. The Hall–Kier alpha value is -2.14. The first kappa shape index (κ1) is 15.7. The van der Waals surface area contributed by atoms with Gasteiger partial charge >= 0.3 is 6.09 Å². The van der Waals surface area contributed by atoms with Gasteiger partial charge in [0.2, 0.25) is 0 Å². The van der Waals surface area contributed by atoms with Crippen LogP contribution in [0.2, 0.25) is 0 Å². The second-order valence-electron chi connectivity index (χ2n) is 6.45. The number of anilines is 1. The Morgan fingerprint density at radius 3 is 2.70 bits per heavy atom. The molecule has 0 saturated carbocycles. The van der Waals surface area contributed by atoms with E-state index in [4.69, 9.17) is 4.74 Å². The van der Waals surface area contributed by atoms with Gasteiger partial charge in [-0.2, -0.15) is 0 Å². The first-order valence-electron chi connectivity index (χ1n) is 7.44. The quantitative estimate of drug-likeness (QED) is 0.630. The lowest BCUT2D eigenvalue weighted by Gasteiger charge is -2.24. The van der Waals surface area contributed by atoms with Crippen LogP contribution in [0.3, 0.4) is 0 Å². The fourth-order valence-corrected chi connectivity index (χ4v) is 3.60. The first-order valence-corrected chi connectivity index (χ1v) is 8.26. The molecule has 3 rings (SSSR count). The minimum atomic E-state index is -0.553. The molecule has 0 aromatic heterocycles. The fourth-order valence-electron chi connectivity index (χ4n) is 2.49. The number of fused-ring (bicyclic) bond motifs is 2. The molecular weight excluding hydrogens is 310 g/mol. The Labute approximate surface area is 139 Å². The van der Waals surface area contributed by atoms with Crippen LogP contribution >= 0.6 is 11.8 Å². The maximum atomic E-state index is 12.0. The number of carbonyl (C=O) groups is 1. The van der Waals surface area contributed by atoms with Gasteiger partial charge in [0, 0.05) is 17.0 Å². The van der Waals surface area contributed by atoms with Gasteiger partial charge in [-0.1, -0.05) is 30.0 Å². The van der Waals surface area contributed by atoms with E-state index in [2.05, 4.69) is 11.4 Å². The molecule has 23 heavy (non-hydrogen) atoms. The molecule has 0 fully saturated rings. The molecule has 0 bridgehead atoms. The first-order chi connectivity index (χ1) is 10.8. The molecule has 1 amide bonds. The summed E-state index contributed by atoms with van der Waals surface area (Å²) in [6, 6.07) is 11.4. The topological polar surface area (TPSA) is 58.6 Å². The van der Waals surface area contributed by atoms with Crippen molar-refractivity contribution < 1.29 is 14.6 Å². The highest BCUT2D eigenvalue weighted by Gasteiger charge is 2.23. The number of benzene rings is 2. The molecule has 4 nitrogen and oxygen atoms in total. The average molecular weight is 329 g/mol. The molecule has 2 N–H and O–H groups in total. The molecule has 120 valence electrons. The lowest BCUT2D eigenvalue weighted by Crippen LogP contribution is -2.27. The predicted octanol–water partition coefficient (Wildman–Crippen LogP) is 4.79. The van der Waals surface area contributed by atoms with Crippen molar-refractivity contribution in [2.75, 3.05) is 5.32 Å². The van der Waals surface area contributed by atoms with E-state index in [-0.39, 0.29) is 5.75 Å². The number of ether oxygens (including phenoxy) is 1. The molecule has 0 saturated heterocycles. The predicted molar refractivity (Wildman–Crippen MR) is 91.3 cm³/mol. The van der Waals surface area contributed by atoms with E-state index in [1.165, 1.54) is 17.3 Å². The molecule has 0 atom stereocenters. The second kappa shape index (κ2) is 5.81. The highest BCUT2D eigenvalue weighted by atomic mass is 32.2. The third-order valence-electron chi connectivity index (χ3n) is 3.43. The third-order valence-corrected chi connectivity index (χ3v) is 4.71. The van der Waals surface area contributed by atoms with Gasteiger partial charge in [-0.3, -0.25) is 5.32 Å². The Kier molecular flexibility index (Phi) is 3.98. The minimum absolute atomic E-state index is 0.231. The highest BCUT2D eigenvalue weighted by molar-refractivity contribution is 7.99. The Balaban J connectivity index is 1.92. The standard InChI is InChI=1S/C18H19NO3S/c1-18(2,3)22-17(21)19-13-8-9-14(20)16-12(13)10-11-6-4-5-7-15(11)23-16/h4-9,20H,10H2,1-3H3,(H,19,21). The van der Waals surface area contributed by atoms with Crippen LogP contribution in [0.15, 0.2) is 46.2 Å². The summed E-state index contributed by atoms with van der Waals surface area (Å²) in [7, 11) is 0. The average Bonchev–Trinajstić information content (AvgIpc) is 2.47. The van der Waals surface area contributed by atoms with Gasteiger partial charge in [-0.15, -0.1) is 0 Å². The van der Waals surface area contributed by atoms with Crippen LogP contribution in [-0.4, -0.2) is 16.8 Å².